The van der Waals surface area contributed by atoms with Gasteiger partial charge in [0.1, 0.15) is 0 Å². The van der Waals surface area contributed by atoms with E-state index < -0.39 is 11.8 Å². The van der Waals surface area contributed by atoms with Gasteiger partial charge in [-0.05, 0) is 11.1 Å². The van der Waals surface area contributed by atoms with Crippen molar-refractivity contribution in [1.82, 2.24) is 15.1 Å². The van der Waals surface area contributed by atoms with Crippen LogP contribution in [0, 0.1) is 0 Å². The lowest BCUT2D eigenvalue weighted by molar-refractivity contribution is -0.148. The Labute approximate surface area is 135 Å². The highest BCUT2D eigenvalue weighted by molar-refractivity contribution is 6.35. The van der Waals surface area contributed by atoms with Crippen LogP contribution in [0.3, 0.4) is 0 Å². The summed E-state index contributed by atoms with van der Waals surface area (Å²) < 4.78 is 0. The van der Waals surface area contributed by atoms with E-state index in [0.29, 0.717) is 32.7 Å². The van der Waals surface area contributed by atoms with Crippen molar-refractivity contribution in [2.24, 2.45) is 5.73 Å². The van der Waals surface area contributed by atoms with Gasteiger partial charge in [0.15, 0.2) is 0 Å². The number of nitrogens with two attached hydrogens (primary N) is 1. The molecule has 0 unspecified atom stereocenters. The van der Waals surface area contributed by atoms with Crippen LogP contribution < -0.4 is 11.1 Å². The average molecular weight is 318 g/mol. The lowest BCUT2D eigenvalue weighted by atomic mass is 10.1. The molecule has 0 bridgehead atoms. The van der Waals surface area contributed by atoms with Crippen molar-refractivity contribution in [3.63, 3.8) is 0 Å². The topological polar surface area (TPSA) is 95.7 Å². The van der Waals surface area contributed by atoms with Crippen molar-refractivity contribution in [3.05, 3.63) is 35.4 Å². The molecule has 3 amide bonds. The molecule has 1 aromatic rings. The Kier molecular flexibility index (Phi) is 5.70. The molecular formula is C16H22N4O3. The van der Waals surface area contributed by atoms with E-state index in [1.54, 1.807) is 4.90 Å². The first-order chi connectivity index (χ1) is 11.0. The minimum atomic E-state index is -0.626. The van der Waals surface area contributed by atoms with Crippen LogP contribution in [0.15, 0.2) is 24.3 Å². The van der Waals surface area contributed by atoms with Gasteiger partial charge in [0, 0.05) is 46.2 Å². The summed E-state index contributed by atoms with van der Waals surface area (Å²) in [5.41, 5.74) is 7.45. The third kappa shape index (κ3) is 4.53. The summed E-state index contributed by atoms with van der Waals surface area (Å²) in [5, 5.41) is 2.63. The molecular weight excluding hydrogens is 296 g/mol. The van der Waals surface area contributed by atoms with Crippen LogP contribution in [0.2, 0.25) is 0 Å². The molecule has 0 atom stereocenters. The summed E-state index contributed by atoms with van der Waals surface area (Å²) in [6, 6.07) is 7.55. The fourth-order valence-electron chi connectivity index (χ4n) is 2.49. The summed E-state index contributed by atoms with van der Waals surface area (Å²) in [7, 11) is 0. The van der Waals surface area contributed by atoms with Gasteiger partial charge in [-0.1, -0.05) is 24.3 Å². The smallest absolute Gasteiger partial charge is 0.312 e. The summed E-state index contributed by atoms with van der Waals surface area (Å²) >= 11 is 0. The number of amides is 3. The quantitative estimate of drug-likeness (QED) is 0.731. The minimum absolute atomic E-state index is 0.0127. The van der Waals surface area contributed by atoms with Crippen molar-refractivity contribution in [3.8, 4) is 0 Å². The number of hydrogen-bond donors (Lipinski definition) is 2. The molecule has 3 N–H and O–H groups in total. The Balaban J connectivity index is 1.83. The SMILES string of the molecule is CC(=O)N1CCN(C(=O)C(=O)NCc2cccc(CN)c2)CC1. The summed E-state index contributed by atoms with van der Waals surface area (Å²) in [4.78, 5) is 38.5. The zero-order valence-electron chi connectivity index (χ0n) is 13.2. The molecule has 0 aromatic heterocycles. The summed E-state index contributed by atoms with van der Waals surface area (Å²) in [6.07, 6.45) is 0. The van der Waals surface area contributed by atoms with E-state index in [-0.39, 0.29) is 12.5 Å². The first kappa shape index (κ1) is 17.0. The van der Waals surface area contributed by atoms with Crippen LogP contribution in [-0.2, 0) is 27.5 Å². The lowest BCUT2D eigenvalue weighted by Crippen LogP contribution is -2.53. The summed E-state index contributed by atoms with van der Waals surface area (Å²) in [6.45, 7) is 3.91. The van der Waals surface area contributed by atoms with Gasteiger partial charge >= 0.3 is 11.8 Å². The van der Waals surface area contributed by atoms with Crippen molar-refractivity contribution >= 4 is 17.7 Å². The second-order valence-corrected chi connectivity index (χ2v) is 5.51. The van der Waals surface area contributed by atoms with Crippen LogP contribution in [0.25, 0.3) is 0 Å². The molecule has 0 radical (unpaired) electrons. The second-order valence-electron chi connectivity index (χ2n) is 5.51. The molecule has 1 heterocycles. The molecule has 23 heavy (non-hydrogen) atoms. The van der Waals surface area contributed by atoms with E-state index in [1.807, 2.05) is 24.3 Å². The zero-order chi connectivity index (χ0) is 16.8. The van der Waals surface area contributed by atoms with Gasteiger partial charge in [-0.25, -0.2) is 0 Å². The van der Waals surface area contributed by atoms with Gasteiger partial charge < -0.3 is 20.9 Å². The Morgan fingerprint density at radius 2 is 1.70 bits per heavy atom. The highest BCUT2D eigenvalue weighted by Crippen LogP contribution is 2.05. The van der Waals surface area contributed by atoms with E-state index >= 15 is 0 Å². The van der Waals surface area contributed by atoms with Crippen molar-refractivity contribution in [2.75, 3.05) is 26.2 Å². The van der Waals surface area contributed by atoms with Gasteiger partial charge in [0.25, 0.3) is 0 Å². The number of benzene rings is 1. The third-order valence-corrected chi connectivity index (χ3v) is 3.89. The normalized spacial score (nSPS) is 14.5. The highest BCUT2D eigenvalue weighted by atomic mass is 16.2. The van der Waals surface area contributed by atoms with Crippen LogP contribution in [0.1, 0.15) is 18.1 Å². The fraction of sp³-hybridized carbons (Fsp3) is 0.438. The Bertz CT molecular complexity index is 595. The maximum absolute atomic E-state index is 12.1. The molecule has 7 heteroatoms. The molecule has 1 aromatic carbocycles. The van der Waals surface area contributed by atoms with Crippen LogP contribution >= 0.6 is 0 Å². The van der Waals surface area contributed by atoms with E-state index in [9.17, 15) is 14.4 Å². The minimum Gasteiger partial charge on any atom is -0.344 e. The maximum atomic E-state index is 12.1. The fourth-order valence-corrected chi connectivity index (χ4v) is 2.49. The van der Waals surface area contributed by atoms with E-state index in [0.717, 1.165) is 11.1 Å². The number of hydrogen-bond acceptors (Lipinski definition) is 4. The molecule has 7 nitrogen and oxygen atoms in total. The van der Waals surface area contributed by atoms with Gasteiger partial charge in [-0.3, -0.25) is 14.4 Å². The molecule has 1 fully saturated rings. The average Bonchev–Trinajstić information content (AvgIpc) is 2.59. The predicted molar refractivity (Wildman–Crippen MR) is 85.0 cm³/mol. The number of carbonyl (C=O) groups excluding carboxylic acids is 3. The molecule has 0 saturated carbocycles. The first-order valence-electron chi connectivity index (χ1n) is 7.61. The molecule has 0 aliphatic carbocycles. The van der Waals surface area contributed by atoms with Crippen molar-refractivity contribution in [1.29, 1.82) is 0 Å². The zero-order valence-corrected chi connectivity index (χ0v) is 13.2. The van der Waals surface area contributed by atoms with Crippen molar-refractivity contribution in [2.45, 2.75) is 20.0 Å². The standard InChI is InChI=1S/C16H22N4O3/c1-12(21)19-5-7-20(8-6-19)16(23)15(22)18-11-14-4-2-3-13(9-14)10-17/h2-4,9H,5-8,10-11,17H2,1H3,(H,18,22). The van der Waals surface area contributed by atoms with E-state index in [1.165, 1.54) is 11.8 Å². The molecule has 1 aliphatic rings. The highest BCUT2D eigenvalue weighted by Gasteiger charge is 2.26. The van der Waals surface area contributed by atoms with E-state index in [2.05, 4.69) is 5.32 Å². The van der Waals surface area contributed by atoms with Crippen LogP contribution in [-0.4, -0.2) is 53.7 Å². The Morgan fingerprint density at radius 1 is 1.09 bits per heavy atom. The Morgan fingerprint density at radius 3 is 2.30 bits per heavy atom. The second kappa shape index (κ2) is 7.73. The number of nitrogens with zero attached hydrogens (tertiary/aromatic N) is 2. The number of carbonyl (C=O) groups is 3. The van der Waals surface area contributed by atoms with E-state index in [4.69, 9.17) is 5.73 Å². The summed E-state index contributed by atoms with van der Waals surface area (Å²) in [5.74, 6) is -1.19. The number of piperazine rings is 1. The molecule has 124 valence electrons. The molecule has 2 rings (SSSR count). The number of rotatable bonds is 3. The van der Waals surface area contributed by atoms with Gasteiger partial charge in [0.05, 0.1) is 0 Å². The van der Waals surface area contributed by atoms with Crippen LogP contribution in [0.4, 0.5) is 0 Å². The maximum Gasteiger partial charge on any atom is 0.312 e. The van der Waals surface area contributed by atoms with Crippen molar-refractivity contribution < 1.29 is 14.4 Å². The van der Waals surface area contributed by atoms with Crippen LogP contribution in [0.5, 0.6) is 0 Å². The molecule has 1 aliphatic heterocycles. The van der Waals surface area contributed by atoms with Gasteiger partial charge in [-0.15, -0.1) is 0 Å². The first-order valence-corrected chi connectivity index (χ1v) is 7.61. The Hall–Kier alpha value is -2.41. The number of nitrogens with one attached hydrogen (secondary N) is 1. The largest absolute Gasteiger partial charge is 0.344 e. The predicted octanol–water partition coefficient (Wildman–Crippen LogP) is -0.548. The molecule has 0 spiro atoms. The van der Waals surface area contributed by atoms with Gasteiger partial charge in [-0.2, -0.15) is 0 Å². The monoisotopic (exact) mass is 318 g/mol. The lowest BCUT2D eigenvalue weighted by Gasteiger charge is -2.33. The molecule has 1 saturated heterocycles. The van der Waals surface area contributed by atoms with Gasteiger partial charge in [0.2, 0.25) is 5.91 Å². The third-order valence-electron chi connectivity index (χ3n) is 3.89.